The second kappa shape index (κ2) is 11.5. The maximum Gasteiger partial charge on any atom is 0.254 e. The van der Waals surface area contributed by atoms with Crippen molar-refractivity contribution in [2.24, 2.45) is 0 Å². The Morgan fingerprint density at radius 3 is 2.52 bits per heavy atom. The summed E-state index contributed by atoms with van der Waals surface area (Å²) in [4.78, 5) is 38.0. The van der Waals surface area contributed by atoms with Gasteiger partial charge in [0.05, 0.1) is 29.5 Å². The van der Waals surface area contributed by atoms with Gasteiger partial charge < -0.3 is 25.3 Å². The van der Waals surface area contributed by atoms with Crippen molar-refractivity contribution in [1.82, 2.24) is 19.8 Å². The van der Waals surface area contributed by atoms with Gasteiger partial charge in [0.1, 0.15) is 11.9 Å². The molecule has 2 N–H and O–H groups in total. The molecule has 0 bridgehead atoms. The van der Waals surface area contributed by atoms with Crippen LogP contribution in [0.25, 0.3) is 0 Å². The molecule has 3 heterocycles. The lowest BCUT2D eigenvalue weighted by Crippen LogP contribution is -2.63. The number of anilines is 1. The maximum absolute atomic E-state index is 13.8. The number of pyridine rings is 1. The molecule has 13 heteroatoms. The number of nitrogens with zero attached hydrogens (tertiary/aromatic N) is 5. The van der Waals surface area contributed by atoms with E-state index in [-0.39, 0.29) is 35.0 Å². The van der Waals surface area contributed by atoms with Crippen molar-refractivity contribution in [1.29, 1.82) is 0 Å². The molecule has 1 saturated heterocycles. The van der Waals surface area contributed by atoms with Crippen LogP contribution < -0.4 is 14.8 Å². The fraction of sp³-hybridized carbons (Fsp3) is 0.370. The molecule has 2 aromatic heterocycles. The van der Waals surface area contributed by atoms with Crippen LogP contribution in [0.1, 0.15) is 49.9 Å². The van der Waals surface area contributed by atoms with Crippen molar-refractivity contribution in [2.45, 2.75) is 45.4 Å². The number of carbonyl (C=O) groups is 2. The lowest BCUT2D eigenvalue weighted by molar-refractivity contribution is -0.618. The minimum Gasteiger partial charge on any atom is -0.618 e. The molecule has 1 aromatic carbocycles. The monoisotopic (exact) mass is 556 g/mol. The molecular formula is C27H30F2N6O5. The van der Waals surface area contributed by atoms with Gasteiger partial charge in [-0.15, -0.1) is 0 Å². The van der Waals surface area contributed by atoms with Gasteiger partial charge in [0.25, 0.3) is 5.91 Å². The number of halogens is 2. The largest absolute Gasteiger partial charge is 0.618 e. The summed E-state index contributed by atoms with van der Waals surface area (Å²) in [5, 5.41) is 24.4. The normalized spacial score (nSPS) is 16.7. The summed E-state index contributed by atoms with van der Waals surface area (Å²) in [7, 11) is 0. The Balaban J connectivity index is 1.37. The third-order valence-corrected chi connectivity index (χ3v) is 6.71. The van der Waals surface area contributed by atoms with Gasteiger partial charge in [0.2, 0.25) is 17.5 Å². The Hall–Kier alpha value is -4.23. The zero-order valence-corrected chi connectivity index (χ0v) is 22.5. The van der Waals surface area contributed by atoms with E-state index < -0.39 is 29.3 Å². The topological polar surface area (TPSA) is 135 Å². The summed E-state index contributed by atoms with van der Waals surface area (Å²) in [5.74, 6) is -2.34. The van der Waals surface area contributed by atoms with Gasteiger partial charge in [0.15, 0.2) is 23.6 Å². The van der Waals surface area contributed by atoms with E-state index in [0.29, 0.717) is 36.0 Å². The van der Waals surface area contributed by atoms with E-state index in [9.17, 15) is 28.7 Å². The molecule has 4 rings (SSSR count). The first-order valence-corrected chi connectivity index (χ1v) is 12.6. The van der Waals surface area contributed by atoms with Crippen LogP contribution in [0.3, 0.4) is 0 Å². The Morgan fingerprint density at radius 2 is 1.90 bits per heavy atom. The Kier molecular flexibility index (Phi) is 8.26. The molecule has 0 spiro atoms. The van der Waals surface area contributed by atoms with Gasteiger partial charge in [-0.3, -0.25) is 14.5 Å². The Bertz CT molecular complexity index is 1400. The van der Waals surface area contributed by atoms with Crippen molar-refractivity contribution >= 4 is 17.6 Å². The van der Waals surface area contributed by atoms with Crippen molar-refractivity contribution in [2.75, 3.05) is 25.0 Å². The summed E-state index contributed by atoms with van der Waals surface area (Å²) in [6.07, 6.45) is 2.64. The average molecular weight is 557 g/mol. The Morgan fingerprint density at radius 1 is 1.15 bits per heavy atom. The molecule has 0 saturated carbocycles. The zero-order valence-electron chi connectivity index (χ0n) is 22.5. The van der Waals surface area contributed by atoms with Gasteiger partial charge in [-0.1, -0.05) is 0 Å². The van der Waals surface area contributed by atoms with E-state index in [1.807, 2.05) is 18.7 Å². The Labute approximate surface area is 229 Å². The first-order valence-electron chi connectivity index (χ1n) is 12.6. The molecular weight excluding hydrogens is 526 g/mol. The van der Waals surface area contributed by atoms with E-state index in [1.54, 1.807) is 11.8 Å². The molecule has 1 aliphatic rings. The van der Waals surface area contributed by atoms with Gasteiger partial charge in [-0.05, 0) is 39.8 Å². The van der Waals surface area contributed by atoms with Crippen molar-refractivity contribution < 1.29 is 32.9 Å². The number of aliphatic hydroxyl groups is 1. The van der Waals surface area contributed by atoms with Crippen LogP contribution in [0.15, 0.2) is 48.9 Å². The third-order valence-electron chi connectivity index (χ3n) is 6.71. The predicted molar refractivity (Wildman–Crippen MR) is 139 cm³/mol. The van der Waals surface area contributed by atoms with Crippen LogP contribution >= 0.6 is 0 Å². The number of benzene rings is 1. The summed E-state index contributed by atoms with van der Waals surface area (Å²) in [5.41, 5.74) is -0.270. The SMILES string of the molecule is C[C@@H](O)c1cc(C(=O)N2CCN([C@@H](C)C(=O)Nc3cnc(Oc4ccc(F)cc4F)cn3)CC2(C)C)cc[n+]1[O-]. The summed E-state index contributed by atoms with van der Waals surface area (Å²) in [6, 6.07) is 5.12. The molecule has 1 fully saturated rings. The fourth-order valence-corrected chi connectivity index (χ4v) is 4.50. The number of carbonyl (C=O) groups excluding carboxylic acids is 2. The number of ether oxygens (including phenoxy) is 1. The van der Waals surface area contributed by atoms with Crippen LogP contribution in [0.4, 0.5) is 14.6 Å². The van der Waals surface area contributed by atoms with Gasteiger partial charge in [-0.2, -0.15) is 4.73 Å². The fourth-order valence-electron chi connectivity index (χ4n) is 4.50. The smallest absolute Gasteiger partial charge is 0.254 e. The molecule has 11 nitrogen and oxygen atoms in total. The predicted octanol–water partition coefficient (Wildman–Crippen LogP) is 2.80. The van der Waals surface area contributed by atoms with Crippen molar-refractivity contribution in [3.63, 3.8) is 0 Å². The standard InChI is InChI=1S/C27H30F2N6O5/c1-16(25(37)32-23-13-31-24(14-30-23)40-22-6-5-19(28)12-20(22)29)33-9-10-34(27(3,4)15-33)26(38)18-7-8-35(39)21(11-18)17(2)36/h5-8,11-14,16-17,36H,9-10,15H2,1-4H3,(H,30,32,37)/t16-,17+/m0/s1. The van der Waals surface area contributed by atoms with E-state index >= 15 is 0 Å². The highest BCUT2D eigenvalue weighted by atomic mass is 19.1. The second-order valence-corrected chi connectivity index (χ2v) is 10.2. The number of piperazine rings is 1. The second-order valence-electron chi connectivity index (χ2n) is 10.2. The minimum absolute atomic E-state index is 0.0388. The van der Waals surface area contributed by atoms with E-state index in [0.717, 1.165) is 12.1 Å². The maximum atomic E-state index is 13.8. The molecule has 3 aromatic rings. The van der Waals surface area contributed by atoms with E-state index in [4.69, 9.17) is 4.74 Å². The molecule has 212 valence electrons. The van der Waals surface area contributed by atoms with Crippen LogP contribution in [-0.4, -0.2) is 67.9 Å². The average Bonchev–Trinajstić information content (AvgIpc) is 2.90. The highest BCUT2D eigenvalue weighted by molar-refractivity contribution is 5.95. The molecule has 40 heavy (non-hydrogen) atoms. The van der Waals surface area contributed by atoms with Crippen LogP contribution in [0.2, 0.25) is 0 Å². The summed E-state index contributed by atoms with van der Waals surface area (Å²) >= 11 is 0. The van der Waals surface area contributed by atoms with Crippen molar-refractivity contribution in [3.8, 4) is 11.6 Å². The lowest BCUT2D eigenvalue weighted by atomic mass is 9.96. The van der Waals surface area contributed by atoms with Crippen molar-refractivity contribution in [3.05, 3.63) is 77.0 Å². The number of hydrogen-bond acceptors (Lipinski definition) is 8. The lowest BCUT2D eigenvalue weighted by Gasteiger charge is -2.48. The molecule has 2 atom stereocenters. The summed E-state index contributed by atoms with van der Waals surface area (Å²) in [6.45, 7) is 8.13. The first-order chi connectivity index (χ1) is 18.9. The van der Waals surface area contributed by atoms with Crippen LogP contribution in [0.5, 0.6) is 11.6 Å². The highest BCUT2D eigenvalue weighted by Crippen LogP contribution is 2.26. The van der Waals surface area contributed by atoms with Crippen LogP contribution in [0, 0.1) is 16.8 Å². The van der Waals surface area contributed by atoms with Gasteiger partial charge in [-0.25, -0.2) is 18.7 Å². The number of hydrogen-bond donors (Lipinski definition) is 2. The zero-order chi connectivity index (χ0) is 29.2. The number of amides is 2. The minimum atomic E-state index is -1.03. The van der Waals surface area contributed by atoms with Crippen LogP contribution in [-0.2, 0) is 4.79 Å². The molecule has 0 radical (unpaired) electrons. The van der Waals surface area contributed by atoms with E-state index in [1.165, 1.54) is 37.6 Å². The number of aromatic nitrogens is 3. The van der Waals surface area contributed by atoms with E-state index in [2.05, 4.69) is 15.3 Å². The molecule has 0 aliphatic carbocycles. The summed E-state index contributed by atoms with van der Waals surface area (Å²) < 4.78 is 32.7. The third kappa shape index (κ3) is 6.32. The first kappa shape index (κ1) is 28.8. The quantitative estimate of drug-likeness (QED) is 0.335. The highest BCUT2D eigenvalue weighted by Gasteiger charge is 2.40. The molecule has 1 aliphatic heterocycles. The molecule has 2 amide bonds. The number of rotatable bonds is 7. The number of nitrogens with one attached hydrogen (secondary N) is 1. The molecule has 0 unspecified atom stereocenters. The van der Waals surface area contributed by atoms with Gasteiger partial charge in [0, 0.05) is 37.8 Å². The van der Waals surface area contributed by atoms with Gasteiger partial charge >= 0.3 is 0 Å². The number of aliphatic hydroxyl groups excluding tert-OH is 1.